The number of carbonyl (C=O) groups is 1. The quantitative estimate of drug-likeness (QED) is 0.709. The Labute approximate surface area is 165 Å². The highest BCUT2D eigenvalue weighted by molar-refractivity contribution is 5.94. The van der Waals surface area contributed by atoms with Crippen molar-refractivity contribution in [3.63, 3.8) is 0 Å². The first-order valence-electron chi connectivity index (χ1n) is 9.31. The molecule has 6 nitrogen and oxygen atoms in total. The van der Waals surface area contributed by atoms with Crippen molar-refractivity contribution in [2.75, 3.05) is 31.1 Å². The molecule has 1 fully saturated rings. The molecule has 0 amide bonds. The zero-order valence-corrected chi connectivity index (χ0v) is 15.5. The average Bonchev–Trinajstić information content (AvgIpc) is 2.98. The summed E-state index contributed by atoms with van der Waals surface area (Å²) in [6.45, 7) is 2.22. The molecule has 0 spiro atoms. The van der Waals surface area contributed by atoms with Gasteiger partial charge in [-0.25, -0.2) is 13.6 Å². The van der Waals surface area contributed by atoms with Crippen LogP contribution in [0.15, 0.2) is 47.4 Å². The van der Waals surface area contributed by atoms with E-state index in [2.05, 4.69) is 5.32 Å². The first kappa shape index (κ1) is 19.1. The third kappa shape index (κ3) is 3.36. The van der Waals surface area contributed by atoms with Crippen LogP contribution in [0.25, 0.3) is 16.6 Å². The maximum absolute atomic E-state index is 15.7. The SMILES string of the molecule is O=C(O)c1cn(-c2ccccc2)c2c(F)c(N3CCCNCC3)c(F)cc2c1=O. The summed E-state index contributed by atoms with van der Waals surface area (Å²) in [6, 6.07) is 9.45. The molecule has 0 radical (unpaired) electrons. The summed E-state index contributed by atoms with van der Waals surface area (Å²) in [5.41, 5.74) is -1.34. The van der Waals surface area contributed by atoms with Gasteiger partial charge in [0.25, 0.3) is 0 Å². The first-order chi connectivity index (χ1) is 14.0. The van der Waals surface area contributed by atoms with Crippen molar-refractivity contribution in [3.8, 4) is 5.69 Å². The van der Waals surface area contributed by atoms with Crippen molar-refractivity contribution in [1.29, 1.82) is 0 Å². The summed E-state index contributed by atoms with van der Waals surface area (Å²) in [7, 11) is 0. The highest BCUT2D eigenvalue weighted by atomic mass is 19.1. The van der Waals surface area contributed by atoms with Gasteiger partial charge in [0.1, 0.15) is 17.1 Å². The van der Waals surface area contributed by atoms with E-state index in [-0.39, 0.29) is 16.6 Å². The molecule has 2 heterocycles. The molecular formula is C21H19F2N3O3. The number of rotatable bonds is 3. The Balaban J connectivity index is 2.07. The number of aromatic nitrogens is 1. The maximum Gasteiger partial charge on any atom is 0.341 e. The van der Waals surface area contributed by atoms with Crippen molar-refractivity contribution in [2.24, 2.45) is 0 Å². The summed E-state index contributed by atoms with van der Waals surface area (Å²) >= 11 is 0. The predicted octanol–water partition coefficient (Wildman–Crippen LogP) is 2.77. The van der Waals surface area contributed by atoms with Crippen LogP contribution in [0.3, 0.4) is 0 Å². The molecule has 8 heteroatoms. The fourth-order valence-corrected chi connectivity index (χ4v) is 3.71. The number of pyridine rings is 1. The van der Waals surface area contributed by atoms with Crippen molar-refractivity contribution >= 4 is 22.6 Å². The van der Waals surface area contributed by atoms with E-state index in [1.54, 1.807) is 35.2 Å². The lowest BCUT2D eigenvalue weighted by Gasteiger charge is -2.25. The Bertz CT molecular complexity index is 1140. The van der Waals surface area contributed by atoms with Gasteiger partial charge in [0, 0.05) is 31.5 Å². The fraction of sp³-hybridized carbons (Fsp3) is 0.238. The standard InChI is InChI=1S/C21H19F2N3O3/c22-16-11-14-18(17(23)19(16)25-9-4-7-24-8-10-25)26(13-5-2-1-3-6-13)12-15(20(14)27)21(28)29/h1-3,5-6,11-12,24H,4,7-10H2,(H,28,29). The summed E-state index contributed by atoms with van der Waals surface area (Å²) in [5, 5.41) is 12.3. The van der Waals surface area contributed by atoms with Crippen LogP contribution in [0.5, 0.6) is 0 Å². The van der Waals surface area contributed by atoms with E-state index in [9.17, 15) is 19.1 Å². The van der Waals surface area contributed by atoms with Crippen LogP contribution in [-0.4, -0.2) is 41.8 Å². The van der Waals surface area contributed by atoms with Gasteiger partial charge < -0.3 is 19.9 Å². The fourth-order valence-electron chi connectivity index (χ4n) is 3.71. The summed E-state index contributed by atoms with van der Waals surface area (Å²) < 4.78 is 31.9. The lowest BCUT2D eigenvalue weighted by molar-refractivity contribution is 0.0695. The molecular weight excluding hydrogens is 380 g/mol. The first-order valence-corrected chi connectivity index (χ1v) is 9.31. The zero-order valence-electron chi connectivity index (χ0n) is 15.5. The molecule has 29 heavy (non-hydrogen) atoms. The number of para-hydroxylation sites is 1. The monoisotopic (exact) mass is 399 g/mol. The topological polar surface area (TPSA) is 74.6 Å². The number of benzene rings is 2. The Morgan fingerprint density at radius 2 is 1.86 bits per heavy atom. The molecule has 0 saturated carbocycles. The number of hydrogen-bond donors (Lipinski definition) is 2. The van der Waals surface area contributed by atoms with Crippen molar-refractivity contribution in [2.45, 2.75) is 6.42 Å². The number of carboxylic acid groups (broad SMARTS) is 1. The van der Waals surface area contributed by atoms with E-state index >= 15 is 4.39 Å². The molecule has 3 aromatic rings. The highest BCUT2D eigenvalue weighted by Crippen LogP contribution is 2.31. The molecule has 0 unspecified atom stereocenters. The Kier molecular flexibility index (Phi) is 5.02. The highest BCUT2D eigenvalue weighted by Gasteiger charge is 2.25. The van der Waals surface area contributed by atoms with Crippen LogP contribution in [0.2, 0.25) is 0 Å². The lowest BCUT2D eigenvalue weighted by Crippen LogP contribution is -2.30. The van der Waals surface area contributed by atoms with Crippen LogP contribution >= 0.6 is 0 Å². The van der Waals surface area contributed by atoms with Crippen LogP contribution in [-0.2, 0) is 0 Å². The van der Waals surface area contributed by atoms with Gasteiger partial charge in [0.15, 0.2) is 5.82 Å². The molecule has 0 aliphatic carbocycles. The molecule has 1 saturated heterocycles. The Hall–Kier alpha value is -3.26. The number of halogens is 2. The second-order valence-corrected chi connectivity index (χ2v) is 6.89. The Morgan fingerprint density at radius 1 is 1.10 bits per heavy atom. The molecule has 0 atom stereocenters. The van der Waals surface area contributed by atoms with E-state index in [4.69, 9.17) is 0 Å². The van der Waals surface area contributed by atoms with Gasteiger partial charge in [-0.15, -0.1) is 0 Å². The summed E-state index contributed by atoms with van der Waals surface area (Å²) in [4.78, 5) is 25.8. The largest absolute Gasteiger partial charge is 0.477 e. The van der Waals surface area contributed by atoms with E-state index < -0.39 is 28.6 Å². The molecule has 1 aliphatic rings. The van der Waals surface area contributed by atoms with Gasteiger partial charge in [0.2, 0.25) is 5.43 Å². The molecule has 1 aromatic heterocycles. The van der Waals surface area contributed by atoms with Gasteiger partial charge in [-0.05, 0) is 31.2 Å². The van der Waals surface area contributed by atoms with Gasteiger partial charge in [-0.2, -0.15) is 0 Å². The summed E-state index contributed by atoms with van der Waals surface area (Å²) in [5.74, 6) is -3.21. The minimum absolute atomic E-state index is 0.139. The third-order valence-electron chi connectivity index (χ3n) is 5.08. The number of fused-ring (bicyclic) bond motifs is 1. The smallest absolute Gasteiger partial charge is 0.341 e. The predicted molar refractivity (Wildman–Crippen MR) is 106 cm³/mol. The minimum Gasteiger partial charge on any atom is -0.477 e. The number of aromatic carboxylic acids is 1. The van der Waals surface area contributed by atoms with E-state index in [0.29, 0.717) is 25.3 Å². The number of carboxylic acids is 1. The minimum atomic E-state index is -1.45. The second-order valence-electron chi connectivity index (χ2n) is 6.89. The average molecular weight is 399 g/mol. The van der Waals surface area contributed by atoms with E-state index in [1.165, 1.54) is 4.57 Å². The van der Waals surface area contributed by atoms with Gasteiger partial charge in [-0.3, -0.25) is 4.79 Å². The molecule has 0 bridgehead atoms. The molecule has 2 aromatic carbocycles. The van der Waals surface area contributed by atoms with Gasteiger partial charge >= 0.3 is 5.97 Å². The lowest BCUT2D eigenvalue weighted by atomic mass is 10.1. The van der Waals surface area contributed by atoms with Crippen LogP contribution in [0.4, 0.5) is 14.5 Å². The van der Waals surface area contributed by atoms with E-state index in [1.807, 2.05) is 0 Å². The summed E-state index contributed by atoms with van der Waals surface area (Å²) in [6.07, 6.45) is 1.82. The number of hydrogen-bond acceptors (Lipinski definition) is 4. The second kappa shape index (κ2) is 7.63. The molecule has 1 aliphatic heterocycles. The third-order valence-corrected chi connectivity index (χ3v) is 5.08. The zero-order chi connectivity index (χ0) is 20.5. The van der Waals surface area contributed by atoms with Crippen molar-refractivity contribution in [3.05, 3.63) is 70.0 Å². The van der Waals surface area contributed by atoms with Gasteiger partial charge in [-0.1, -0.05) is 18.2 Å². The number of nitrogens with zero attached hydrogens (tertiary/aromatic N) is 2. The van der Waals surface area contributed by atoms with Gasteiger partial charge in [0.05, 0.1) is 10.9 Å². The van der Waals surface area contributed by atoms with Crippen molar-refractivity contribution in [1.82, 2.24) is 9.88 Å². The van der Waals surface area contributed by atoms with Crippen LogP contribution < -0.4 is 15.6 Å². The normalized spacial score (nSPS) is 14.8. The number of anilines is 1. The Morgan fingerprint density at radius 3 is 2.59 bits per heavy atom. The van der Waals surface area contributed by atoms with E-state index in [0.717, 1.165) is 25.2 Å². The van der Waals surface area contributed by atoms with Crippen LogP contribution in [0.1, 0.15) is 16.8 Å². The molecule has 150 valence electrons. The van der Waals surface area contributed by atoms with Crippen molar-refractivity contribution < 1.29 is 18.7 Å². The molecule has 2 N–H and O–H groups in total. The maximum atomic E-state index is 15.7. The molecule has 4 rings (SSSR count). The number of nitrogens with one attached hydrogen (secondary N) is 1. The van der Waals surface area contributed by atoms with Crippen LogP contribution in [0, 0.1) is 11.6 Å².